The molecule has 1 unspecified atom stereocenters. The smallest absolute Gasteiger partial charge is 0.145 e. The zero-order valence-corrected chi connectivity index (χ0v) is 29.4. The molecule has 2 heterocycles. The SMILES string of the molecule is C1=C(c2ccc(-c3ccccc3)c3ccccc23)NC(c2ccc3c(c2)Oc2ccccc2C32c3ccccc3-c3ccccc32)N=C1c1ccccc1. The van der Waals surface area contributed by atoms with Crippen LogP contribution in [0.2, 0.25) is 0 Å². The van der Waals surface area contributed by atoms with Crippen molar-refractivity contribution in [3.05, 3.63) is 233 Å². The largest absolute Gasteiger partial charge is 0.457 e. The Bertz CT molecular complexity index is 2790. The van der Waals surface area contributed by atoms with Gasteiger partial charge in [-0.05, 0) is 73.5 Å². The van der Waals surface area contributed by atoms with Gasteiger partial charge in [0.15, 0.2) is 0 Å². The lowest BCUT2D eigenvalue weighted by atomic mass is 9.66. The number of ether oxygens (including phenoxy) is 1. The second-order valence-electron chi connectivity index (χ2n) is 14.3. The van der Waals surface area contributed by atoms with Crippen LogP contribution in [0.15, 0.2) is 199 Å². The third-order valence-electron chi connectivity index (χ3n) is 11.4. The van der Waals surface area contributed by atoms with E-state index in [1.165, 1.54) is 49.7 Å². The first-order valence-corrected chi connectivity index (χ1v) is 18.6. The lowest BCUT2D eigenvalue weighted by molar-refractivity contribution is 0.434. The molecule has 3 nitrogen and oxygen atoms in total. The third kappa shape index (κ3) is 4.52. The predicted molar refractivity (Wildman–Crippen MR) is 220 cm³/mol. The van der Waals surface area contributed by atoms with Gasteiger partial charge in [-0.1, -0.05) is 176 Å². The van der Waals surface area contributed by atoms with Crippen molar-refractivity contribution in [1.29, 1.82) is 0 Å². The maximum absolute atomic E-state index is 6.87. The lowest BCUT2D eigenvalue weighted by Crippen LogP contribution is -2.32. The Labute approximate surface area is 314 Å². The number of hydrogen-bond donors (Lipinski definition) is 1. The average molecular weight is 691 g/mol. The van der Waals surface area contributed by atoms with Crippen molar-refractivity contribution < 1.29 is 4.74 Å². The number of rotatable bonds is 4. The van der Waals surface area contributed by atoms with Crippen LogP contribution in [0.1, 0.15) is 45.1 Å². The van der Waals surface area contributed by atoms with Crippen molar-refractivity contribution in [3.8, 4) is 33.8 Å². The first-order chi connectivity index (χ1) is 26.8. The number of aliphatic imine (C=N–C) groups is 1. The van der Waals surface area contributed by atoms with Crippen LogP contribution in [-0.2, 0) is 5.41 Å². The second-order valence-corrected chi connectivity index (χ2v) is 14.3. The summed E-state index contributed by atoms with van der Waals surface area (Å²) in [5, 5.41) is 6.28. The van der Waals surface area contributed by atoms with Crippen LogP contribution >= 0.6 is 0 Å². The van der Waals surface area contributed by atoms with E-state index in [4.69, 9.17) is 9.73 Å². The first kappa shape index (κ1) is 30.6. The van der Waals surface area contributed by atoms with Gasteiger partial charge in [0, 0.05) is 22.4 Å². The minimum Gasteiger partial charge on any atom is -0.457 e. The zero-order valence-electron chi connectivity index (χ0n) is 29.4. The van der Waals surface area contributed by atoms with Crippen molar-refractivity contribution in [2.24, 2.45) is 4.99 Å². The van der Waals surface area contributed by atoms with E-state index in [1.807, 2.05) is 0 Å². The molecule has 3 heteroatoms. The highest BCUT2D eigenvalue weighted by molar-refractivity contribution is 6.14. The second kappa shape index (κ2) is 12.0. The van der Waals surface area contributed by atoms with E-state index in [-0.39, 0.29) is 6.17 Å². The summed E-state index contributed by atoms with van der Waals surface area (Å²) in [6, 6.07) is 67.3. The quantitative estimate of drug-likeness (QED) is 0.199. The van der Waals surface area contributed by atoms with E-state index in [0.29, 0.717) is 0 Å². The molecule has 2 aliphatic heterocycles. The number of para-hydroxylation sites is 1. The number of fused-ring (bicyclic) bond motifs is 10. The fraction of sp³-hybridized carbons (Fsp3) is 0.0392. The highest BCUT2D eigenvalue weighted by atomic mass is 16.5. The average Bonchev–Trinajstić information content (AvgIpc) is 3.54. The van der Waals surface area contributed by atoms with Gasteiger partial charge in [-0.2, -0.15) is 0 Å². The van der Waals surface area contributed by atoms with Gasteiger partial charge >= 0.3 is 0 Å². The van der Waals surface area contributed by atoms with Crippen LogP contribution in [0.3, 0.4) is 0 Å². The lowest BCUT2D eigenvalue weighted by Gasteiger charge is -2.39. The zero-order chi connectivity index (χ0) is 35.6. The molecule has 0 amide bonds. The number of hydrogen-bond acceptors (Lipinski definition) is 3. The van der Waals surface area contributed by atoms with Gasteiger partial charge in [-0.25, -0.2) is 0 Å². The molecule has 1 aliphatic carbocycles. The maximum Gasteiger partial charge on any atom is 0.145 e. The number of nitrogens with one attached hydrogen (secondary N) is 1. The minimum atomic E-state index is -0.501. The Morgan fingerprint density at radius 3 is 1.72 bits per heavy atom. The van der Waals surface area contributed by atoms with Crippen molar-refractivity contribution >= 4 is 22.2 Å². The molecule has 8 aromatic rings. The monoisotopic (exact) mass is 690 g/mol. The van der Waals surface area contributed by atoms with E-state index < -0.39 is 5.41 Å². The molecular weight excluding hydrogens is 657 g/mol. The fourth-order valence-electron chi connectivity index (χ4n) is 9.07. The Morgan fingerprint density at radius 1 is 0.444 bits per heavy atom. The standard InChI is InChI=1S/C51H34N2O/c1-3-15-33(16-4-1)36-28-29-41(38-20-8-7-19-37(36)38)47-32-46(34-17-5-2-6-18-34)52-50(53-47)35-27-30-45-49(31-35)54-48-26-14-13-25-44(48)51(45)42-23-11-9-21-39(42)40-22-10-12-24-43(40)51/h1-32,50,53H. The first-order valence-electron chi connectivity index (χ1n) is 18.6. The number of benzene rings is 8. The molecule has 1 atom stereocenters. The Balaban J connectivity index is 1.07. The van der Waals surface area contributed by atoms with Gasteiger partial charge < -0.3 is 10.1 Å². The fourth-order valence-corrected chi connectivity index (χ4v) is 9.07. The summed E-state index contributed by atoms with van der Waals surface area (Å²) in [7, 11) is 0. The molecule has 54 heavy (non-hydrogen) atoms. The van der Waals surface area contributed by atoms with Crippen LogP contribution in [0.5, 0.6) is 11.5 Å². The van der Waals surface area contributed by atoms with Crippen LogP contribution in [0.4, 0.5) is 0 Å². The Hall–Kier alpha value is -6.97. The molecule has 3 aliphatic rings. The third-order valence-corrected chi connectivity index (χ3v) is 11.4. The highest BCUT2D eigenvalue weighted by Gasteiger charge is 2.51. The van der Waals surface area contributed by atoms with Gasteiger partial charge in [0.2, 0.25) is 0 Å². The van der Waals surface area contributed by atoms with Gasteiger partial charge in [-0.3, -0.25) is 4.99 Å². The number of nitrogens with zero attached hydrogens (tertiary/aromatic N) is 1. The molecule has 0 saturated heterocycles. The molecule has 254 valence electrons. The normalized spacial score (nSPS) is 15.9. The minimum absolute atomic E-state index is 0.349. The molecule has 0 radical (unpaired) electrons. The van der Waals surface area contributed by atoms with E-state index >= 15 is 0 Å². The van der Waals surface area contributed by atoms with Crippen LogP contribution in [0.25, 0.3) is 38.7 Å². The van der Waals surface area contributed by atoms with Crippen LogP contribution in [0, 0.1) is 0 Å². The van der Waals surface area contributed by atoms with Crippen LogP contribution in [-0.4, -0.2) is 5.71 Å². The van der Waals surface area contributed by atoms with E-state index in [1.54, 1.807) is 0 Å². The van der Waals surface area contributed by atoms with Gasteiger partial charge in [0.25, 0.3) is 0 Å². The topological polar surface area (TPSA) is 33.6 Å². The summed E-state index contributed by atoms with van der Waals surface area (Å²) in [6.07, 6.45) is 1.85. The van der Waals surface area contributed by atoms with Crippen molar-refractivity contribution in [3.63, 3.8) is 0 Å². The van der Waals surface area contributed by atoms with Gasteiger partial charge in [-0.15, -0.1) is 0 Å². The molecule has 11 rings (SSSR count). The van der Waals surface area contributed by atoms with Gasteiger partial charge in [0.1, 0.15) is 17.7 Å². The Kier molecular flexibility index (Phi) is 6.83. The maximum atomic E-state index is 6.87. The summed E-state index contributed by atoms with van der Waals surface area (Å²) in [5.74, 6) is 1.73. The summed E-state index contributed by atoms with van der Waals surface area (Å²) in [5.41, 5.74) is 14.6. The molecule has 0 fully saturated rings. The molecule has 1 N–H and O–H groups in total. The van der Waals surface area contributed by atoms with Crippen LogP contribution < -0.4 is 10.1 Å². The van der Waals surface area contributed by atoms with E-state index in [0.717, 1.165) is 45.2 Å². The van der Waals surface area contributed by atoms with Crippen molar-refractivity contribution in [2.75, 3.05) is 0 Å². The molecular formula is C51H34N2O. The molecule has 0 aromatic heterocycles. The molecule has 0 bridgehead atoms. The summed E-state index contributed by atoms with van der Waals surface area (Å²) in [4.78, 5) is 5.37. The summed E-state index contributed by atoms with van der Waals surface area (Å²) in [6.45, 7) is 0. The van der Waals surface area contributed by atoms with Gasteiger partial charge in [0.05, 0.1) is 11.1 Å². The van der Waals surface area contributed by atoms with E-state index in [9.17, 15) is 0 Å². The molecule has 1 spiro atoms. The Morgan fingerprint density at radius 2 is 1.00 bits per heavy atom. The highest BCUT2D eigenvalue weighted by Crippen LogP contribution is 2.62. The van der Waals surface area contributed by atoms with Crippen molar-refractivity contribution in [1.82, 2.24) is 5.32 Å². The number of allylic oxidation sites excluding steroid dienone is 1. The predicted octanol–water partition coefficient (Wildman–Crippen LogP) is 12.1. The molecule has 0 saturated carbocycles. The van der Waals surface area contributed by atoms with Crippen molar-refractivity contribution in [2.45, 2.75) is 11.6 Å². The van der Waals surface area contributed by atoms with E-state index in [2.05, 4.69) is 199 Å². The molecule has 8 aromatic carbocycles. The summed E-state index contributed by atoms with van der Waals surface area (Å²) < 4.78 is 6.87. The summed E-state index contributed by atoms with van der Waals surface area (Å²) >= 11 is 0.